The number of rotatable bonds is 9. The molecule has 0 heterocycles. The van der Waals surface area contributed by atoms with Gasteiger partial charge in [0.1, 0.15) is 4.99 Å². The quantitative estimate of drug-likeness (QED) is 0.710. The molecule has 3 nitrogen and oxygen atoms in total. The maximum atomic E-state index is 5.89. The highest BCUT2D eigenvalue weighted by atomic mass is 32.1. The summed E-state index contributed by atoms with van der Waals surface area (Å²) < 4.78 is 0. The van der Waals surface area contributed by atoms with E-state index in [1.807, 2.05) is 12.1 Å². The number of thiocarbonyl (C=S) groups is 1. The van der Waals surface area contributed by atoms with Gasteiger partial charge in [-0.25, -0.2) is 0 Å². The van der Waals surface area contributed by atoms with Crippen molar-refractivity contribution in [2.45, 2.75) is 34.1 Å². The summed E-state index contributed by atoms with van der Waals surface area (Å²) in [7, 11) is 0. The standard InChI is InChI=1S/C17H29N3S/c1-5-19(6-2)12-9-13-20(7-3)16-14(4)10-8-11-15(16)17(18)21/h8,10-11H,5-7,9,12-13H2,1-4H3,(H2,18,21). The van der Waals surface area contributed by atoms with Crippen LogP contribution in [0.15, 0.2) is 18.2 Å². The molecule has 0 unspecified atom stereocenters. The summed E-state index contributed by atoms with van der Waals surface area (Å²) in [6.07, 6.45) is 1.15. The van der Waals surface area contributed by atoms with Gasteiger partial charge in [0.15, 0.2) is 0 Å². The lowest BCUT2D eigenvalue weighted by Crippen LogP contribution is -2.31. The van der Waals surface area contributed by atoms with Crippen LogP contribution in [0, 0.1) is 6.92 Å². The minimum Gasteiger partial charge on any atom is -0.389 e. The van der Waals surface area contributed by atoms with Crippen LogP contribution in [0.25, 0.3) is 0 Å². The molecule has 0 atom stereocenters. The number of aryl methyl sites for hydroxylation is 1. The molecule has 0 aromatic heterocycles. The van der Waals surface area contributed by atoms with Gasteiger partial charge in [-0.2, -0.15) is 0 Å². The summed E-state index contributed by atoms with van der Waals surface area (Å²) >= 11 is 5.21. The van der Waals surface area contributed by atoms with Gasteiger partial charge in [-0.1, -0.05) is 38.2 Å². The highest BCUT2D eigenvalue weighted by Gasteiger charge is 2.14. The third kappa shape index (κ3) is 4.97. The molecule has 0 spiro atoms. The molecule has 0 saturated carbocycles. The Hall–Kier alpha value is -1.13. The Kier molecular flexibility index (Phi) is 7.68. The third-order valence-corrected chi connectivity index (χ3v) is 4.22. The van der Waals surface area contributed by atoms with Crippen molar-refractivity contribution in [3.8, 4) is 0 Å². The van der Waals surface area contributed by atoms with E-state index in [4.69, 9.17) is 18.0 Å². The van der Waals surface area contributed by atoms with Crippen molar-refractivity contribution in [1.29, 1.82) is 0 Å². The zero-order valence-corrected chi connectivity index (χ0v) is 14.7. The molecule has 0 radical (unpaired) electrons. The molecule has 1 rings (SSSR count). The van der Waals surface area contributed by atoms with Crippen LogP contribution in [0.2, 0.25) is 0 Å². The van der Waals surface area contributed by atoms with Gasteiger partial charge in [0.25, 0.3) is 0 Å². The number of nitrogens with zero attached hydrogens (tertiary/aromatic N) is 2. The second-order valence-corrected chi connectivity index (χ2v) is 5.74. The van der Waals surface area contributed by atoms with Gasteiger partial charge >= 0.3 is 0 Å². The average molecular weight is 308 g/mol. The Morgan fingerprint density at radius 1 is 1.10 bits per heavy atom. The molecule has 0 amide bonds. The molecule has 0 bridgehead atoms. The highest BCUT2D eigenvalue weighted by Crippen LogP contribution is 2.25. The monoisotopic (exact) mass is 307 g/mol. The van der Waals surface area contributed by atoms with E-state index < -0.39 is 0 Å². The number of anilines is 1. The summed E-state index contributed by atoms with van der Waals surface area (Å²) in [5.74, 6) is 0. The fraction of sp³-hybridized carbons (Fsp3) is 0.588. The second-order valence-electron chi connectivity index (χ2n) is 5.30. The van der Waals surface area contributed by atoms with E-state index in [-0.39, 0.29) is 0 Å². The Balaban J connectivity index is 2.83. The first-order chi connectivity index (χ1) is 10.0. The maximum Gasteiger partial charge on any atom is 0.106 e. The summed E-state index contributed by atoms with van der Waals surface area (Å²) in [4.78, 5) is 5.34. The minimum absolute atomic E-state index is 0.482. The lowest BCUT2D eigenvalue weighted by Gasteiger charge is -2.28. The molecule has 0 aliphatic heterocycles. The van der Waals surface area contributed by atoms with Gasteiger partial charge in [0, 0.05) is 24.3 Å². The van der Waals surface area contributed by atoms with Crippen molar-refractivity contribution in [2.24, 2.45) is 5.73 Å². The molecule has 4 heteroatoms. The average Bonchev–Trinajstić information content (AvgIpc) is 2.48. The number of benzene rings is 1. The minimum atomic E-state index is 0.482. The van der Waals surface area contributed by atoms with Crippen LogP contribution in [-0.2, 0) is 0 Å². The molecule has 0 aliphatic carbocycles. The van der Waals surface area contributed by atoms with Crippen molar-refractivity contribution in [2.75, 3.05) is 37.6 Å². The summed E-state index contributed by atoms with van der Waals surface area (Å²) in [5.41, 5.74) is 9.33. The van der Waals surface area contributed by atoms with Crippen molar-refractivity contribution in [3.63, 3.8) is 0 Å². The van der Waals surface area contributed by atoms with E-state index in [0.717, 1.165) is 44.7 Å². The Bertz CT molecular complexity index is 455. The van der Waals surface area contributed by atoms with Crippen LogP contribution in [0.4, 0.5) is 5.69 Å². The van der Waals surface area contributed by atoms with Crippen molar-refractivity contribution >= 4 is 22.9 Å². The molecule has 21 heavy (non-hydrogen) atoms. The molecular weight excluding hydrogens is 278 g/mol. The highest BCUT2D eigenvalue weighted by molar-refractivity contribution is 7.80. The first kappa shape index (κ1) is 17.9. The summed E-state index contributed by atoms with van der Waals surface area (Å²) in [5, 5.41) is 0. The second kappa shape index (κ2) is 9.00. The maximum absolute atomic E-state index is 5.89. The normalized spacial score (nSPS) is 10.9. The van der Waals surface area contributed by atoms with Gasteiger partial charge in [-0.15, -0.1) is 0 Å². The van der Waals surface area contributed by atoms with E-state index >= 15 is 0 Å². The van der Waals surface area contributed by atoms with E-state index in [9.17, 15) is 0 Å². The topological polar surface area (TPSA) is 32.5 Å². The van der Waals surface area contributed by atoms with Crippen LogP contribution in [-0.4, -0.2) is 42.6 Å². The zero-order chi connectivity index (χ0) is 15.8. The largest absolute Gasteiger partial charge is 0.389 e. The number of hydrogen-bond acceptors (Lipinski definition) is 3. The smallest absolute Gasteiger partial charge is 0.106 e. The van der Waals surface area contributed by atoms with E-state index in [2.05, 4.69) is 43.6 Å². The molecule has 0 saturated heterocycles. The molecule has 1 aromatic carbocycles. The lowest BCUT2D eigenvalue weighted by molar-refractivity contribution is 0.300. The third-order valence-electron chi connectivity index (χ3n) is 4.00. The van der Waals surface area contributed by atoms with E-state index in [0.29, 0.717) is 4.99 Å². The van der Waals surface area contributed by atoms with Crippen LogP contribution < -0.4 is 10.6 Å². The van der Waals surface area contributed by atoms with Crippen LogP contribution in [0.5, 0.6) is 0 Å². The van der Waals surface area contributed by atoms with E-state index in [1.165, 1.54) is 11.3 Å². The number of para-hydroxylation sites is 1. The van der Waals surface area contributed by atoms with Crippen LogP contribution in [0.3, 0.4) is 0 Å². The van der Waals surface area contributed by atoms with Crippen molar-refractivity contribution < 1.29 is 0 Å². The Morgan fingerprint density at radius 2 is 1.76 bits per heavy atom. The molecule has 118 valence electrons. The molecule has 0 fully saturated rings. The number of hydrogen-bond donors (Lipinski definition) is 1. The summed E-state index contributed by atoms with van der Waals surface area (Å²) in [6, 6.07) is 6.18. The molecule has 2 N–H and O–H groups in total. The van der Waals surface area contributed by atoms with Crippen molar-refractivity contribution in [3.05, 3.63) is 29.3 Å². The van der Waals surface area contributed by atoms with Gasteiger partial charge in [-0.05, 0) is 51.5 Å². The van der Waals surface area contributed by atoms with Gasteiger partial charge in [0.05, 0.1) is 0 Å². The van der Waals surface area contributed by atoms with Crippen LogP contribution >= 0.6 is 12.2 Å². The predicted octanol–water partition coefficient (Wildman–Crippen LogP) is 3.19. The molecular formula is C17H29N3S. The fourth-order valence-electron chi connectivity index (χ4n) is 2.73. The predicted molar refractivity (Wildman–Crippen MR) is 97.4 cm³/mol. The van der Waals surface area contributed by atoms with Crippen molar-refractivity contribution in [1.82, 2.24) is 4.90 Å². The fourth-order valence-corrected chi connectivity index (χ4v) is 2.90. The van der Waals surface area contributed by atoms with Gasteiger partial charge in [0.2, 0.25) is 0 Å². The zero-order valence-electron chi connectivity index (χ0n) is 13.9. The van der Waals surface area contributed by atoms with Gasteiger partial charge < -0.3 is 15.5 Å². The van der Waals surface area contributed by atoms with Gasteiger partial charge in [-0.3, -0.25) is 0 Å². The Morgan fingerprint density at radius 3 is 2.29 bits per heavy atom. The Labute approximate surface area is 135 Å². The molecule has 0 aliphatic rings. The summed E-state index contributed by atoms with van der Waals surface area (Å²) in [6.45, 7) is 14.1. The lowest BCUT2D eigenvalue weighted by atomic mass is 10.1. The first-order valence-electron chi connectivity index (χ1n) is 7.91. The SMILES string of the molecule is CCN(CC)CCCN(CC)c1c(C)cccc1C(N)=S. The number of nitrogens with two attached hydrogens (primary N) is 1. The van der Waals surface area contributed by atoms with E-state index in [1.54, 1.807) is 0 Å². The van der Waals surface area contributed by atoms with Crippen LogP contribution in [0.1, 0.15) is 38.3 Å². The first-order valence-corrected chi connectivity index (χ1v) is 8.32. The molecule has 1 aromatic rings.